The number of phenolic OH excluding ortho intramolecular Hbond substituents is 1. The lowest BCUT2D eigenvalue weighted by atomic mass is 9.95. The fraction of sp³-hybridized carbons (Fsp3) is 0.441. The Morgan fingerprint density at radius 2 is 2.04 bits per heavy atom. The van der Waals surface area contributed by atoms with Crippen LogP contribution < -0.4 is 9.64 Å². The van der Waals surface area contributed by atoms with Gasteiger partial charge in [0.1, 0.15) is 41.4 Å². The van der Waals surface area contributed by atoms with Crippen molar-refractivity contribution in [2.75, 3.05) is 65.0 Å². The maximum absolute atomic E-state index is 16.8. The Morgan fingerprint density at radius 3 is 2.85 bits per heavy atom. The molecule has 0 aliphatic carbocycles. The van der Waals surface area contributed by atoms with Crippen molar-refractivity contribution in [2.24, 2.45) is 0 Å². The molecule has 3 saturated heterocycles. The number of aromatic nitrogens is 3. The maximum Gasteiger partial charge on any atom is 0.319 e. The van der Waals surface area contributed by atoms with Crippen LogP contribution in [0.4, 0.5) is 19.0 Å². The minimum atomic E-state index is -0.932. The number of phenols is 1. The number of halogens is 3. The van der Waals surface area contributed by atoms with Crippen LogP contribution in [0.5, 0.6) is 11.8 Å². The Morgan fingerprint density at radius 1 is 1.20 bits per heavy atom. The Kier molecular flexibility index (Phi) is 7.87. The molecule has 7 rings (SSSR count). The normalized spacial score (nSPS) is 23.6. The first-order valence-electron chi connectivity index (χ1n) is 15.5. The molecule has 0 bridgehead atoms. The van der Waals surface area contributed by atoms with Crippen LogP contribution in [-0.4, -0.2) is 108 Å². The monoisotopic (exact) mass is 632 g/mol. The molecule has 3 atom stereocenters. The van der Waals surface area contributed by atoms with Gasteiger partial charge in [-0.25, -0.2) is 13.2 Å². The topological polar surface area (TPSA) is 87.1 Å². The Hall–Kier alpha value is -4.18. The second-order valence-electron chi connectivity index (χ2n) is 12.7. The number of likely N-dealkylation sites (N-methyl/N-ethyl adjacent to an activating group) is 1. The number of pyridine rings is 1. The van der Waals surface area contributed by atoms with E-state index in [1.165, 1.54) is 30.5 Å². The second-order valence-corrected chi connectivity index (χ2v) is 12.7. The molecule has 3 aliphatic rings. The van der Waals surface area contributed by atoms with Crippen molar-refractivity contribution in [3.8, 4) is 35.4 Å². The van der Waals surface area contributed by atoms with Crippen LogP contribution >= 0.6 is 0 Å². The van der Waals surface area contributed by atoms with Gasteiger partial charge in [-0.3, -0.25) is 9.88 Å². The van der Waals surface area contributed by atoms with E-state index in [9.17, 15) is 13.9 Å². The third-order valence-corrected chi connectivity index (χ3v) is 9.60. The van der Waals surface area contributed by atoms with Gasteiger partial charge in [-0.15, -0.1) is 6.42 Å². The number of fused-ring (bicyclic) bond motifs is 3. The fourth-order valence-electron chi connectivity index (χ4n) is 7.21. The quantitative estimate of drug-likeness (QED) is 0.308. The van der Waals surface area contributed by atoms with Crippen molar-refractivity contribution in [3.63, 3.8) is 0 Å². The highest BCUT2D eigenvalue weighted by molar-refractivity contribution is 6.03. The van der Waals surface area contributed by atoms with Crippen molar-refractivity contribution in [3.05, 3.63) is 47.7 Å². The predicted octanol–water partition coefficient (Wildman–Crippen LogP) is 4.53. The molecule has 0 spiro atoms. The van der Waals surface area contributed by atoms with Crippen LogP contribution in [0.2, 0.25) is 0 Å². The largest absolute Gasteiger partial charge is 0.508 e. The molecule has 2 aromatic carbocycles. The van der Waals surface area contributed by atoms with Gasteiger partial charge in [0.15, 0.2) is 5.82 Å². The van der Waals surface area contributed by atoms with E-state index in [0.717, 1.165) is 19.4 Å². The molecule has 0 saturated carbocycles. The molecule has 12 heteroatoms. The van der Waals surface area contributed by atoms with Crippen LogP contribution in [0.15, 0.2) is 30.5 Å². The zero-order valence-electron chi connectivity index (χ0n) is 25.8. The minimum absolute atomic E-state index is 0.0372. The molecule has 1 N–H and O–H groups in total. The summed E-state index contributed by atoms with van der Waals surface area (Å²) in [5.41, 5.74) is -0.609. The van der Waals surface area contributed by atoms with Gasteiger partial charge in [0.2, 0.25) is 0 Å². The number of ether oxygens (including phenoxy) is 2. The second kappa shape index (κ2) is 11.9. The van der Waals surface area contributed by atoms with Crippen molar-refractivity contribution in [1.29, 1.82) is 0 Å². The van der Waals surface area contributed by atoms with E-state index in [-0.39, 0.29) is 52.1 Å². The van der Waals surface area contributed by atoms with Crippen LogP contribution in [0, 0.1) is 24.0 Å². The number of nitrogens with zero attached hydrogens (tertiary/aromatic N) is 6. The number of benzene rings is 2. The lowest BCUT2D eigenvalue weighted by Crippen LogP contribution is -2.43. The summed E-state index contributed by atoms with van der Waals surface area (Å²) >= 11 is 0. The lowest BCUT2D eigenvalue weighted by molar-refractivity contribution is 0.103. The highest BCUT2D eigenvalue weighted by atomic mass is 19.1. The van der Waals surface area contributed by atoms with Gasteiger partial charge in [-0.05, 0) is 57.1 Å². The third-order valence-electron chi connectivity index (χ3n) is 9.60. The first-order chi connectivity index (χ1) is 22.2. The fourth-order valence-corrected chi connectivity index (χ4v) is 7.21. The van der Waals surface area contributed by atoms with E-state index in [2.05, 4.69) is 25.7 Å². The Labute approximate surface area is 264 Å². The molecule has 46 heavy (non-hydrogen) atoms. The maximum atomic E-state index is 16.8. The SMILES string of the molecule is C#Cc1c(F)ccc2cc(O)cc(-c3ncc4c(N5CCOCC(N(C)C)C5)nc(OC[C@@]56CCCN5C[C@H](F)C6)nc4c3F)c12. The first-order valence-corrected chi connectivity index (χ1v) is 15.5. The van der Waals surface area contributed by atoms with Crippen molar-refractivity contribution >= 4 is 27.5 Å². The highest BCUT2D eigenvalue weighted by Crippen LogP contribution is 2.41. The van der Waals surface area contributed by atoms with Crippen LogP contribution in [-0.2, 0) is 4.74 Å². The molecular formula is C34H35F3N6O3. The van der Waals surface area contributed by atoms with E-state index in [4.69, 9.17) is 20.9 Å². The van der Waals surface area contributed by atoms with Gasteiger partial charge in [0.05, 0.1) is 35.7 Å². The van der Waals surface area contributed by atoms with Crippen LogP contribution in [0.25, 0.3) is 32.9 Å². The van der Waals surface area contributed by atoms with Gasteiger partial charge in [0.25, 0.3) is 0 Å². The van der Waals surface area contributed by atoms with Crippen LogP contribution in [0.1, 0.15) is 24.8 Å². The molecular weight excluding hydrogens is 597 g/mol. The summed E-state index contributed by atoms with van der Waals surface area (Å²) in [6.45, 7) is 3.33. The lowest BCUT2D eigenvalue weighted by Gasteiger charge is -2.31. The third kappa shape index (κ3) is 5.26. The molecule has 240 valence electrons. The molecule has 1 unspecified atom stereocenters. The van der Waals surface area contributed by atoms with Crippen molar-refractivity contribution in [2.45, 2.75) is 37.0 Å². The Balaban J connectivity index is 1.38. The number of alkyl halides is 1. The number of terminal acetylenes is 1. The van der Waals surface area contributed by atoms with Crippen molar-refractivity contribution in [1.82, 2.24) is 24.8 Å². The molecule has 3 aliphatic heterocycles. The smallest absolute Gasteiger partial charge is 0.319 e. The highest BCUT2D eigenvalue weighted by Gasteiger charge is 2.49. The number of hydrogen-bond acceptors (Lipinski definition) is 9. The van der Waals surface area contributed by atoms with E-state index in [0.29, 0.717) is 55.9 Å². The number of hydrogen-bond donors (Lipinski definition) is 1. The zero-order chi connectivity index (χ0) is 32.2. The molecule has 0 radical (unpaired) electrons. The molecule has 9 nitrogen and oxygen atoms in total. The standard InChI is InChI=1S/C34H35F3N6O3/c1-4-24-27(36)7-6-20-12-23(44)13-25(28(20)24)30-29(37)31-26(15-38-30)32(42-10-11-45-18-22(17-42)41(2)3)40-33(39-31)46-19-34-8-5-9-43(34)16-21(35)14-34/h1,6-7,12-13,15,21-22,44H,5,8-11,14,16-19H2,2-3H3/t21-,22?,34+/m1/s1. The average molecular weight is 633 g/mol. The van der Waals surface area contributed by atoms with Gasteiger partial charge < -0.3 is 24.4 Å². The van der Waals surface area contributed by atoms with E-state index in [1.54, 1.807) is 0 Å². The molecule has 4 aromatic rings. The van der Waals surface area contributed by atoms with E-state index >= 15 is 4.39 Å². The molecule has 5 heterocycles. The first kappa shape index (κ1) is 30.5. The summed E-state index contributed by atoms with van der Waals surface area (Å²) in [5, 5.41) is 11.6. The van der Waals surface area contributed by atoms with Crippen molar-refractivity contribution < 1.29 is 27.8 Å². The number of anilines is 1. The minimum Gasteiger partial charge on any atom is -0.508 e. The molecule has 0 amide bonds. The van der Waals surface area contributed by atoms with Gasteiger partial charge in [-0.1, -0.05) is 12.0 Å². The molecule has 2 aromatic heterocycles. The number of rotatable bonds is 6. The van der Waals surface area contributed by atoms with Gasteiger partial charge in [0, 0.05) is 43.2 Å². The van der Waals surface area contributed by atoms with E-state index in [1.807, 2.05) is 19.0 Å². The zero-order valence-corrected chi connectivity index (χ0v) is 25.8. The van der Waals surface area contributed by atoms with Gasteiger partial charge in [-0.2, -0.15) is 9.97 Å². The summed E-state index contributed by atoms with van der Waals surface area (Å²) in [6.07, 6.45) is 8.33. The predicted molar refractivity (Wildman–Crippen MR) is 169 cm³/mol. The Bertz CT molecular complexity index is 1870. The molecule has 3 fully saturated rings. The summed E-state index contributed by atoms with van der Waals surface area (Å²) < 4.78 is 58.2. The summed E-state index contributed by atoms with van der Waals surface area (Å²) in [6, 6.07) is 5.43. The number of aromatic hydroxyl groups is 1. The average Bonchev–Trinajstić information content (AvgIpc) is 3.43. The van der Waals surface area contributed by atoms with Crippen LogP contribution in [0.3, 0.4) is 0 Å². The van der Waals surface area contributed by atoms with Gasteiger partial charge >= 0.3 is 6.01 Å². The van der Waals surface area contributed by atoms with E-state index < -0.39 is 23.3 Å². The summed E-state index contributed by atoms with van der Waals surface area (Å²) in [5.74, 6) is 1.19. The summed E-state index contributed by atoms with van der Waals surface area (Å²) in [4.78, 5) is 20.0. The summed E-state index contributed by atoms with van der Waals surface area (Å²) in [7, 11) is 3.94.